The molecule has 3 rings (SSSR count). The Morgan fingerprint density at radius 1 is 1.30 bits per heavy atom. The summed E-state index contributed by atoms with van der Waals surface area (Å²) in [5.41, 5.74) is 1.80. The number of morpholine rings is 1. The van der Waals surface area contributed by atoms with Crippen LogP contribution in [0.2, 0.25) is 0 Å². The maximum absolute atomic E-state index is 12.6. The molecule has 6 nitrogen and oxygen atoms in total. The van der Waals surface area contributed by atoms with Crippen molar-refractivity contribution >= 4 is 17.5 Å². The fourth-order valence-corrected chi connectivity index (χ4v) is 3.16. The van der Waals surface area contributed by atoms with Crippen LogP contribution in [-0.2, 0) is 14.3 Å². The molecule has 1 unspecified atom stereocenters. The van der Waals surface area contributed by atoms with Crippen LogP contribution in [0, 0.1) is 12.8 Å². The maximum atomic E-state index is 12.6. The van der Waals surface area contributed by atoms with E-state index >= 15 is 0 Å². The maximum Gasteiger partial charge on any atom is 0.228 e. The van der Waals surface area contributed by atoms with Gasteiger partial charge in [0.05, 0.1) is 31.9 Å². The van der Waals surface area contributed by atoms with Crippen molar-refractivity contribution in [2.24, 2.45) is 5.92 Å². The number of rotatable bonds is 3. The van der Waals surface area contributed by atoms with Gasteiger partial charge in [-0.3, -0.25) is 9.59 Å². The van der Waals surface area contributed by atoms with Gasteiger partial charge in [-0.2, -0.15) is 0 Å². The highest BCUT2D eigenvalue weighted by Crippen LogP contribution is 2.34. The summed E-state index contributed by atoms with van der Waals surface area (Å²) in [7, 11) is 1.59. The van der Waals surface area contributed by atoms with E-state index < -0.39 is 0 Å². The minimum atomic E-state index is -0.286. The molecule has 2 amide bonds. The molecule has 2 saturated heterocycles. The van der Waals surface area contributed by atoms with Crippen LogP contribution in [0.15, 0.2) is 18.2 Å². The topological polar surface area (TPSA) is 59.1 Å². The van der Waals surface area contributed by atoms with Crippen LogP contribution < -0.4 is 9.64 Å². The van der Waals surface area contributed by atoms with E-state index in [0.29, 0.717) is 38.6 Å². The summed E-state index contributed by atoms with van der Waals surface area (Å²) in [5.74, 6) is 0.394. The molecule has 6 heteroatoms. The molecule has 1 atom stereocenters. The summed E-state index contributed by atoms with van der Waals surface area (Å²) in [6, 6.07) is 5.73. The molecule has 0 aliphatic carbocycles. The van der Waals surface area contributed by atoms with Gasteiger partial charge in [-0.05, 0) is 24.6 Å². The molecule has 0 saturated carbocycles. The highest BCUT2D eigenvalue weighted by Gasteiger charge is 2.38. The standard InChI is InChI=1S/C17H22N2O4/c1-12-3-4-15(22-2)14(9-12)19-11-13(10-16(19)20)17(21)18-5-7-23-8-6-18/h3-4,9,13H,5-8,10-11H2,1-2H3. The van der Waals surface area contributed by atoms with Crippen molar-refractivity contribution in [2.75, 3.05) is 44.9 Å². The molecule has 1 aromatic carbocycles. The number of methoxy groups -OCH3 is 1. The molecule has 124 valence electrons. The smallest absolute Gasteiger partial charge is 0.228 e. The number of ether oxygens (including phenoxy) is 2. The van der Waals surface area contributed by atoms with E-state index in [1.54, 1.807) is 16.9 Å². The van der Waals surface area contributed by atoms with Crippen molar-refractivity contribution in [1.82, 2.24) is 4.90 Å². The van der Waals surface area contributed by atoms with Gasteiger partial charge in [-0.15, -0.1) is 0 Å². The fraction of sp³-hybridized carbons (Fsp3) is 0.529. The van der Waals surface area contributed by atoms with Crippen LogP contribution in [0.3, 0.4) is 0 Å². The number of carbonyl (C=O) groups excluding carboxylic acids is 2. The number of benzene rings is 1. The predicted octanol–water partition coefficient (Wildman–Crippen LogP) is 1.22. The number of carbonyl (C=O) groups is 2. The summed E-state index contributed by atoms with van der Waals surface area (Å²) in [6.07, 6.45) is 0.257. The van der Waals surface area contributed by atoms with Gasteiger partial charge in [-0.1, -0.05) is 6.07 Å². The van der Waals surface area contributed by atoms with Gasteiger partial charge in [0.2, 0.25) is 11.8 Å². The summed E-state index contributed by atoms with van der Waals surface area (Å²) >= 11 is 0. The number of nitrogens with zero attached hydrogens (tertiary/aromatic N) is 2. The molecule has 0 N–H and O–H groups in total. The Morgan fingerprint density at radius 3 is 2.74 bits per heavy atom. The average Bonchev–Trinajstić information content (AvgIpc) is 2.96. The Morgan fingerprint density at radius 2 is 2.04 bits per heavy atom. The highest BCUT2D eigenvalue weighted by atomic mass is 16.5. The van der Waals surface area contributed by atoms with Gasteiger partial charge in [0.1, 0.15) is 5.75 Å². The molecular weight excluding hydrogens is 296 g/mol. The second kappa shape index (κ2) is 6.58. The fourth-order valence-electron chi connectivity index (χ4n) is 3.16. The van der Waals surface area contributed by atoms with Gasteiger partial charge in [0, 0.05) is 26.1 Å². The summed E-state index contributed by atoms with van der Waals surface area (Å²) < 4.78 is 10.6. The monoisotopic (exact) mass is 318 g/mol. The second-order valence-corrected chi connectivity index (χ2v) is 6.02. The van der Waals surface area contributed by atoms with Crippen molar-refractivity contribution in [1.29, 1.82) is 0 Å². The minimum absolute atomic E-state index is 0.0273. The van der Waals surface area contributed by atoms with Crippen molar-refractivity contribution in [3.8, 4) is 5.75 Å². The van der Waals surface area contributed by atoms with Gasteiger partial charge >= 0.3 is 0 Å². The van der Waals surface area contributed by atoms with Crippen LogP contribution >= 0.6 is 0 Å². The largest absolute Gasteiger partial charge is 0.495 e. The lowest BCUT2D eigenvalue weighted by molar-refractivity contribution is -0.139. The molecule has 2 aliphatic rings. The molecule has 1 aromatic rings. The van der Waals surface area contributed by atoms with E-state index in [0.717, 1.165) is 11.3 Å². The summed E-state index contributed by atoms with van der Waals surface area (Å²) in [5, 5.41) is 0. The molecule has 0 spiro atoms. The lowest BCUT2D eigenvalue weighted by atomic mass is 10.1. The van der Waals surface area contributed by atoms with Gasteiger partial charge in [-0.25, -0.2) is 0 Å². The minimum Gasteiger partial charge on any atom is -0.495 e. The van der Waals surface area contributed by atoms with Crippen LogP contribution in [0.5, 0.6) is 5.75 Å². The Bertz CT molecular complexity index is 611. The van der Waals surface area contributed by atoms with E-state index in [1.807, 2.05) is 25.1 Å². The lowest BCUT2D eigenvalue weighted by Crippen LogP contribution is -2.44. The molecule has 2 fully saturated rings. The molecule has 0 radical (unpaired) electrons. The van der Waals surface area contributed by atoms with E-state index in [1.165, 1.54) is 0 Å². The first-order valence-corrected chi connectivity index (χ1v) is 7.91. The molecular formula is C17H22N2O4. The number of hydrogen-bond acceptors (Lipinski definition) is 4. The number of hydrogen-bond donors (Lipinski definition) is 0. The first-order chi connectivity index (χ1) is 11.1. The van der Waals surface area contributed by atoms with E-state index in [4.69, 9.17) is 9.47 Å². The number of amides is 2. The Kier molecular flexibility index (Phi) is 4.52. The van der Waals surface area contributed by atoms with Gasteiger partial charge in [0.25, 0.3) is 0 Å². The van der Waals surface area contributed by atoms with E-state index in [-0.39, 0.29) is 24.2 Å². The van der Waals surface area contributed by atoms with E-state index in [9.17, 15) is 9.59 Å². The van der Waals surface area contributed by atoms with Gasteiger partial charge < -0.3 is 19.3 Å². The Hall–Kier alpha value is -2.08. The molecule has 0 aromatic heterocycles. The molecule has 2 heterocycles. The van der Waals surface area contributed by atoms with Crippen LogP contribution in [0.1, 0.15) is 12.0 Å². The third kappa shape index (κ3) is 3.17. The Labute approximate surface area is 136 Å². The average molecular weight is 318 g/mol. The van der Waals surface area contributed by atoms with Crippen LogP contribution in [0.4, 0.5) is 5.69 Å². The number of anilines is 1. The molecule has 2 aliphatic heterocycles. The third-order valence-electron chi connectivity index (χ3n) is 4.42. The van der Waals surface area contributed by atoms with Crippen LogP contribution in [0.25, 0.3) is 0 Å². The van der Waals surface area contributed by atoms with Crippen molar-refractivity contribution in [3.05, 3.63) is 23.8 Å². The SMILES string of the molecule is COc1ccc(C)cc1N1CC(C(=O)N2CCOCC2)CC1=O. The predicted molar refractivity (Wildman–Crippen MR) is 85.6 cm³/mol. The van der Waals surface area contributed by atoms with Crippen molar-refractivity contribution < 1.29 is 19.1 Å². The normalized spacial score (nSPS) is 21.7. The van der Waals surface area contributed by atoms with E-state index in [2.05, 4.69) is 0 Å². The Balaban J connectivity index is 1.77. The highest BCUT2D eigenvalue weighted by molar-refractivity contribution is 6.01. The molecule has 0 bridgehead atoms. The lowest BCUT2D eigenvalue weighted by Gasteiger charge is -2.29. The third-order valence-corrected chi connectivity index (χ3v) is 4.42. The van der Waals surface area contributed by atoms with Crippen LogP contribution in [-0.4, -0.2) is 56.7 Å². The van der Waals surface area contributed by atoms with Crippen molar-refractivity contribution in [3.63, 3.8) is 0 Å². The zero-order valence-corrected chi connectivity index (χ0v) is 13.6. The summed E-state index contributed by atoms with van der Waals surface area (Å²) in [4.78, 5) is 28.5. The zero-order valence-electron chi connectivity index (χ0n) is 13.6. The zero-order chi connectivity index (χ0) is 16.4. The van der Waals surface area contributed by atoms with Gasteiger partial charge in [0.15, 0.2) is 0 Å². The molecule has 23 heavy (non-hydrogen) atoms. The second-order valence-electron chi connectivity index (χ2n) is 6.02. The van der Waals surface area contributed by atoms with Crippen molar-refractivity contribution in [2.45, 2.75) is 13.3 Å². The first kappa shape index (κ1) is 15.8. The summed E-state index contributed by atoms with van der Waals surface area (Å²) in [6.45, 7) is 4.74. The number of aryl methyl sites for hydroxylation is 1. The quantitative estimate of drug-likeness (QED) is 0.841. The first-order valence-electron chi connectivity index (χ1n) is 7.91.